The molecule has 0 heterocycles. The maximum Gasteiger partial charge on any atom is 0.305 e. The fourth-order valence-electron chi connectivity index (χ4n) is 1.73. The first-order valence-electron chi connectivity index (χ1n) is 7.52. The summed E-state index contributed by atoms with van der Waals surface area (Å²) < 4.78 is 4.42. The highest BCUT2D eigenvalue weighted by Crippen LogP contribution is 2.06. The summed E-state index contributed by atoms with van der Waals surface area (Å²) in [5.41, 5.74) is 0. The van der Waals surface area contributed by atoms with Crippen LogP contribution < -0.4 is 0 Å². The molecule has 6 nitrogen and oxygen atoms in total. The van der Waals surface area contributed by atoms with Crippen LogP contribution >= 0.6 is 0 Å². The Labute approximate surface area is 130 Å². The first-order chi connectivity index (χ1) is 10.4. The molecule has 0 fully saturated rings. The van der Waals surface area contributed by atoms with Crippen molar-refractivity contribution >= 4 is 29.1 Å². The van der Waals surface area contributed by atoms with Crippen molar-refractivity contribution in [2.75, 3.05) is 7.11 Å². The van der Waals surface area contributed by atoms with Crippen LogP contribution in [0.2, 0.25) is 0 Å². The van der Waals surface area contributed by atoms with E-state index < -0.39 is 5.97 Å². The second kappa shape index (κ2) is 11.8. The average Bonchev–Trinajstić information content (AvgIpc) is 2.53. The van der Waals surface area contributed by atoms with Gasteiger partial charge >= 0.3 is 5.97 Å². The largest absolute Gasteiger partial charge is 0.469 e. The summed E-state index contributed by atoms with van der Waals surface area (Å²) in [7, 11) is 1.25. The fourth-order valence-corrected chi connectivity index (χ4v) is 1.73. The van der Waals surface area contributed by atoms with Crippen molar-refractivity contribution < 1.29 is 28.7 Å². The molecule has 0 aliphatic rings. The van der Waals surface area contributed by atoms with Gasteiger partial charge in [-0.3, -0.25) is 24.0 Å². The summed E-state index contributed by atoms with van der Waals surface area (Å²) in [6.07, 6.45) is 1.30. The highest BCUT2D eigenvalue weighted by Gasteiger charge is 2.12. The van der Waals surface area contributed by atoms with E-state index in [-0.39, 0.29) is 74.5 Å². The Hall–Kier alpha value is -1.85. The minimum absolute atomic E-state index is 0.0213. The maximum atomic E-state index is 11.6. The average molecular weight is 312 g/mol. The van der Waals surface area contributed by atoms with Crippen molar-refractivity contribution in [3.8, 4) is 0 Å². The van der Waals surface area contributed by atoms with Crippen LogP contribution in [0.3, 0.4) is 0 Å². The summed E-state index contributed by atoms with van der Waals surface area (Å²) in [4.78, 5) is 56.5. The molecule has 0 amide bonds. The molecule has 0 radical (unpaired) electrons. The highest BCUT2D eigenvalue weighted by molar-refractivity contribution is 5.91. The highest BCUT2D eigenvalue weighted by atomic mass is 16.5. The predicted molar refractivity (Wildman–Crippen MR) is 79.3 cm³/mol. The molecule has 0 bridgehead atoms. The summed E-state index contributed by atoms with van der Waals surface area (Å²) in [6.45, 7) is 1.74. The third kappa shape index (κ3) is 10.9. The van der Waals surface area contributed by atoms with Crippen LogP contribution in [-0.2, 0) is 28.7 Å². The lowest BCUT2D eigenvalue weighted by molar-refractivity contribution is -0.142. The summed E-state index contributed by atoms with van der Waals surface area (Å²) >= 11 is 0. The van der Waals surface area contributed by atoms with E-state index in [1.807, 2.05) is 0 Å². The summed E-state index contributed by atoms with van der Waals surface area (Å²) in [5, 5.41) is 0. The van der Waals surface area contributed by atoms with Crippen LogP contribution in [-0.4, -0.2) is 36.2 Å². The Morgan fingerprint density at radius 3 is 1.23 bits per heavy atom. The molecule has 0 saturated carbocycles. The second-order valence-electron chi connectivity index (χ2n) is 5.08. The standard InChI is InChI=1S/C16H24O6/c1-3-12(17)4-5-13(18)6-7-14(19)8-9-15(20)10-11-16(21)22-2/h3-11H2,1-2H3. The van der Waals surface area contributed by atoms with E-state index in [0.717, 1.165) is 0 Å². The normalized spacial score (nSPS) is 10.1. The first kappa shape index (κ1) is 20.1. The Kier molecular flexibility index (Phi) is 10.8. The van der Waals surface area contributed by atoms with E-state index in [2.05, 4.69) is 4.74 Å². The Balaban J connectivity index is 3.77. The molecule has 6 heteroatoms. The van der Waals surface area contributed by atoms with Crippen LogP contribution in [0, 0.1) is 0 Å². The molecule has 0 aromatic carbocycles. The molecule has 0 aliphatic heterocycles. The van der Waals surface area contributed by atoms with Crippen molar-refractivity contribution in [2.45, 2.75) is 64.7 Å². The molecule has 0 unspecified atom stereocenters. The lowest BCUT2D eigenvalue weighted by atomic mass is 10.0. The SMILES string of the molecule is CCC(=O)CCC(=O)CCC(=O)CCC(=O)CCC(=O)OC. The minimum atomic E-state index is -0.452. The lowest BCUT2D eigenvalue weighted by Crippen LogP contribution is -2.09. The molecular weight excluding hydrogens is 288 g/mol. The molecular formula is C16H24O6. The van der Waals surface area contributed by atoms with E-state index >= 15 is 0 Å². The number of carbonyl (C=O) groups is 5. The van der Waals surface area contributed by atoms with Crippen molar-refractivity contribution in [1.29, 1.82) is 0 Å². The summed E-state index contributed by atoms with van der Waals surface area (Å²) in [5.74, 6) is -0.838. The van der Waals surface area contributed by atoms with Gasteiger partial charge in [-0.2, -0.15) is 0 Å². The van der Waals surface area contributed by atoms with Gasteiger partial charge in [0.05, 0.1) is 13.5 Å². The third-order valence-corrected chi connectivity index (χ3v) is 3.28. The monoisotopic (exact) mass is 312 g/mol. The fraction of sp³-hybridized carbons (Fsp3) is 0.688. The number of Topliss-reactive ketones (excluding diaryl/α,β-unsaturated/α-hetero) is 4. The van der Waals surface area contributed by atoms with Gasteiger partial charge in [-0.1, -0.05) is 6.92 Å². The van der Waals surface area contributed by atoms with Gasteiger partial charge in [0.25, 0.3) is 0 Å². The second-order valence-corrected chi connectivity index (χ2v) is 5.08. The van der Waals surface area contributed by atoms with Crippen LogP contribution in [0.5, 0.6) is 0 Å². The van der Waals surface area contributed by atoms with Gasteiger partial charge in [-0.15, -0.1) is 0 Å². The van der Waals surface area contributed by atoms with Gasteiger partial charge in [0.2, 0.25) is 0 Å². The minimum Gasteiger partial charge on any atom is -0.469 e. The zero-order chi connectivity index (χ0) is 17.0. The Morgan fingerprint density at radius 1 is 0.591 bits per heavy atom. The summed E-state index contributed by atoms with van der Waals surface area (Å²) in [6, 6.07) is 0. The molecule has 0 aliphatic carbocycles. The van der Waals surface area contributed by atoms with Gasteiger partial charge in [-0.25, -0.2) is 0 Å². The van der Waals surface area contributed by atoms with Crippen LogP contribution in [0.15, 0.2) is 0 Å². The van der Waals surface area contributed by atoms with E-state index in [1.54, 1.807) is 6.92 Å². The Bertz CT molecular complexity index is 386. The number of methoxy groups -OCH3 is 1. The van der Waals surface area contributed by atoms with Crippen molar-refractivity contribution in [3.63, 3.8) is 0 Å². The van der Waals surface area contributed by atoms with Gasteiger partial charge in [0, 0.05) is 51.4 Å². The number of rotatable bonds is 13. The smallest absolute Gasteiger partial charge is 0.305 e. The number of ketones is 4. The molecule has 0 aromatic heterocycles. The lowest BCUT2D eigenvalue weighted by Gasteiger charge is -2.02. The number of esters is 1. The first-order valence-corrected chi connectivity index (χ1v) is 7.52. The molecule has 0 N–H and O–H groups in total. The molecule has 0 rings (SSSR count). The maximum absolute atomic E-state index is 11.6. The number of hydrogen-bond acceptors (Lipinski definition) is 6. The van der Waals surface area contributed by atoms with Gasteiger partial charge < -0.3 is 4.74 Å². The number of ether oxygens (including phenoxy) is 1. The van der Waals surface area contributed by atoms with Crippen LogP contribution in [0.1, 0.15) is 64.7 Å². The molecule has 124 valence electrons. The zero-order valence-corrected chi connectivity index (χ0v) is 13.3. The van der Waals surface area contributed by atoms with Gasteiger partial charge in [0.1, 0.15) is 23.1 Å². The van der Waals surface area contributed by atoms with E-state index in [9.17, 15) is 24.0 Å². The Morgan fingerprint density at radius 2 is 0.909 bits per heavy atom. The third-order valence-electron chi connectivity index (χ3n) is 3.28. The number of hydrogen-bond donors (Lipinski definition) is 0. The van der Waals surface area contributed by atoms with Crippen LogP contribution in [0.4, 0.5) is 0 Å². The van der Waals surface area contributed by atoms with E-state index in [0.29, 0.717) is 6.42 Å². The van der Waals surface area contributed by atoms with Crippen LogP contribution in [0.25, 0.3) is 0 Å². The quantitative estimate of drug-likeness (QED) is 0.482. The van der Waals surface area contributed by atoms with Crippen molar-refractivity contribution in [1.82, 2.24) is 0 Å². The van der Waals surface area contributed by atoms with E-state index in [1.165, 1.54) is 7.11 Å². The predicted octanol–water partition coefficient (Wildman–Crippen LogP) is 1.97. The zero-order valence-electron chi connectivity index (χ0n) is 13.3. The number of carbonyl (C=O) groups excluding carboxylic acids is 5. The molecule has 0 spiro atoms. The molecule has 0 aromatic rings. The van der Waals surface area contributed by atoms with E-state index in [4.69, 9.17) is 0 Å². The van der Waals surface area contributed by atoms with Gasteiger partial charge in [0.15, 0.2) is 0 Å². The van der Waals surface area contributed by atoms with Crippen molar-refractivity contribution in [2.24, 2.45) is 0 Å². The van der Waals surface area contributed by atoms with Crippen molar-refractivity contribution in [3.05, 3.63) is 0 Å². The molecule has 0 saturated heterocycles. The van der Waals surface area contributed by atoms with Gasteiger partial charge in [-0.05, 0) is 0 Å². The molecule has 0 atom stereocenters. The molecule has 22 heavy (non-hydrogen) atoms. The topological polar surface area (TPSA) is 94.6 Å².